The van der Waals surface area contributed by atoms with E-state index >= 15 is 0 Å². The van der Waals surface area contributed by atoms with Crippen molar-refractivity contribution in [3.63, 3.8) is 0 Å². The normalized spacial score (nSPS) is 29.7. The van der Waals surface area contributed by atoms with Crippen LogP contribution in [0, 0.1) is 11.6 Å². The zero-order valence-electron chi connectivity index (χ0n) is 8.87. The third kappa shape index (κ3) is 2.06. The second-order valence-corrected chi connectivity index (χ2v) is 6.77. The molecule has 0 aromatic heterocycles. The minimum absolute atomic E-state index is 0.226. The first-order valence-corrected chi connectivity index (χ1v) is 6.93. The molecule has 1 aliphatic carbocycles. The molecule has 0 spiro atoms. The molecular formula is C12H12Br2F2. The second-order valence-electron chi connectivity index (χ2n) is 4.62. The summed E-state index contributed by atoms with van der Waals surface area (Å²) in [6.45, 7) is 1.93. The maximum atomic E-state index is 14.0. The Labute approximate surface area is 111 Å². The van der Waals surface area contributed by atoms with E-state index in [2.05, 4.69) is 31.9 Å². The average Bonchev–Trinajstić information content (AvgIpc) is 2.54. The molecule has 0 bridgehead atoms. The van der Waals surface area contributed by atoms with Crippen molar-refractivity contribution in [1.29, 1.82) is 0 Å². The van der Waals surface area contributed by atoms with Gasteiger partial charge < -0.3 is 0 Å². The highest BCUT2D eigenvalue weighted by Gasteiger charge is 2.39. The Morgan fingerprint density at radius 3 is 2.62 bits per heavy atom. The summed E-state index contributed by atoms with van der Waals surface area (Å²) in [4.78, 5) is 0.357. The predicted molar refractivity (Wildman–Crippen MR) is 68.0 cm³/mol. The molecule has 4 heteroatoms. The van der Waals surface area contributed by atoms with Crippen molar-refractivity contribution in [2.24, 2.45) is 0 Å². The Kier molecular flexibility index (Phi) is 3.41. The summed E-state index contributed by atoms with van der Waals surface area (Å²) in [5.41, 5.74) is -0.171. The van der Waals surface area contributed by atoms with Gasteiger partial charge in [-0.1, -0.05) is 22.9 Å². The number of halogens is 4. The standard InChI is InChI=1S/C12H12Br2F2/c1-12(5-4-7(13)6-12)10-9(15)3-2-8(14)11(10)16/h2-3,7H,4-6H2,1H3. The molecule has 16 heavy (non-hydrogen) atoms. The molecule has 2 unspecified atom stereocenters. The molecule has 1 aromatic rings. The van der Waals surface area contributed by atoms with Gasteiger partial charge in [0.05, 0.1) is 4.47 Å². The molecular weight excluding hydrogens is 342 g/mol. The molecule has 0 amide bonds. The first-order valence-electron chi connectivity index (χ1n) is 5.22. The van der Waals surface area contributed by atoms with Crippen LogP contribution < -0.4 is 0 Å². The summed E-state index contributed by atoms with van der Waals surface area (Å²) in [5, 5.41) is 0. The van der Waals surface area contributed by atoms with Gasteiger partial charge in [0.1, 0.15) is 11.6 Å². The van der Waals surface area contributed by atoms with Crippen molar-refractivity contribution >= 4 is 31.9 Å². The highest BCUT2D eigenvalue weighted by Crippen LogP contribution is 2.46. The van der Waals surface area contributed by atoms with Crippen molar-refractivity contribution in [3.05, 3.63) is 33.8 Å². The fourth-order valence-corrected chi connectivity index (χ4v) is 3.75. The molecule has 0 saturated heterocycles. The lowest BCUT2D eigenvalue weighted by Crippen LogP contribution is -2.22. The van der Waals surface area contributed by atoms with Crippen LogP contribution in [-0.2, 0) is 5.41 Å². The first kappa shape index (κ1) is 12.5. The zero-order chi connectivity index (χ0) is 11.9. The second kappa shape index (κ2) is 4.37. The fraction of sp³-hybridized carbons (Fsp3) is 0.500. The number of alkyl halides is 1. The van der Waals surface area contributed by atoms with Crippen LogP contribution in [0.2, 0.25) is 0 Å². The summed E-state index contributed by atoms with van der Waals surface area (Å²) in [6, 6.07) is 2.74. The van der Waals surface area contributed by atoms with E-state index in [-0.39, 0.29) is 5.56 Å². The Morgan fingerprint density at radius 1 is 1.38 bits per heavy atom. The molecule has 0 heterocycles. The third-order valence-electron chi connectivity index (χ3n) is 3.33. The number of benzene rings is 1. The Hall–Kier alpha value is 0.0400. The number of hydrogen-bond donors (Lipinski definition) is 0. The van der Waals surface area contributed by atoms with Crippen LogP contribution in [0.5, 0.6) is 0 Å². The van der Waals surface area contributed by atoms with Crippen LogP contribution in [0.3, 0.4) is 0 Å². The van der Waals surface area contributed by atoms with Gasteiger partial charge in [-0.15, -0.1) is 0 Å². The van der Waals surface area contributed by atoms with Gasteiger partial charge in [0.15, 0.2) is 0 Å². The van der Waals surface area contributed by atoms with E-state index in [9.17, 15) is 8.78 Å². The topological polar surface area (TPSA) is 0 Å². The van der Waals surface area contributed by atoms with Gasteiger partial charge in [-0.2, -0.15) is 0 Å². The van der Waals surface area contributed by atoms with Crippen LogP contribution >= 0.6 is 31.9 Å². The predicted octanol–water partition coefficient (Wildman–Crippen LogP) is 4.93. The Bertz CT molecular complexity index is 420. The minimum atomic E-state index is -0.455. The van der Waals surface area contributed by atoms with Gasteiger partial charge in [-0.3, -0.25) is 0 Å². The van der Waals surface area contributed by atoms with Crippen molar-refractivity contribution < 1.29 is 8.78 Å². The first-order chi connectivity index (χ1) is 7.44. The molecule has 88 valence electrons. The van der Waals surface area contributed by atoms with E-state index in [0.717, 1.165) is 19.3 Å². The summed E-state index contributed by atoms with van der Waals surface area (Å²) in [5.74, 6) is -0.895. The summed E-state index contributed by atoms with van der Waals surface area (Å²) < 4.78 is 28.1. The van der Waals surface area contributed by atoms with Crippen molar-refractivity contribution in [2.75, 3.05) is 0 Å². The molecule has 1 saturated carbocycles. The van der Waals surface area contributed by atoms with Crippen molar-refractivity contribution in [3.8, 4) is 0 Å². The quantitative estimate of drug-likeness (QED) is 0.496. The van der Waals surface area contributed by atoms with Crippen LogP contribution in [-0.4, -0.2) is 4.83 Å². The van der Waals surface area contributed by atoms with Gasteiger partial charge >= 0.3 is 0 Å². The number of hydrogen-bond acceptors (Lipinski definition) is 0. The maximum Gasteiger partial charge on any atom is 0.144 e. The van der Waals surface area contributed by atoms with Gasteiger partial charge in [-0.05, 0) is 52.7 Å². The van der Waals surface area contributed by atoms with E-state index in [4.69, 9.17) is 0 Å². The smallest absolute Gasteiger partial charge is 0.144 e. The lowest BCUT2D eigenvalue weighted by molar-refractivity contribution is 0.424. The van der Waals surface area contributed by atoms with Gasteiger partial charge in [0, 0.05) is 10.4 Å². The molecule has 1 fully saturated rings. The molecule has 1 aromatic carbocycles. The monoisotopic (exact) mass is 352 g/mol. The summed E-state index contributed by atoms with van der Waals surface area (Å²) in [6.07, 6.45) is 2.55. The molecule has 0 N–H and O–H groups in total. The van der Waals surface area contributed by atoms with Gasteiger partial charge in [0.2, 0.25) is 0 Å². The zero-order valence-corrected chi connectivity index (χ0v) is 12.0. The minimum Gasteiger partial charge on any atom is -0.207 e. The summed E-state index contributed by atoms with van der Waals surface area (Å²) >= 11 is 6.64. The van der Waals surface area contributed by atoms with E-state index in [1.807, 2.05) is 6.92 Å². The van der Waals surface area contributed by atoms with E-state index in [1.165, 1.54) is 12.1 Å². The maximum absolute atomic E-state index is 14.0. The third-order valence-corrected chi connectivity index (χ3v) is 4.72. The lowest BCUT2D eigenvalue weighted by atomic mass is 9.80. The lowest BCUT2D eigenvalue weighted by Gasteiger charge is -2.25. The Morgan fingerprint density at radius 2 is 2.06 bits per heavy atom. The van der Waals surface area contributed by atoms with Crippen LogP contribution in [0.1, 0.15) is 31.7 Å². The summed E-state index contributed by atoms with van der Waals surface area (Å²) in [7, 11) is 0. The largest absolute Gasteiger partial charge is 0.207 e. The Balaban J connectivity index is 2.51. The van der Waals surface area contributed by atoms with E-state index < -0.39 is 17.0 Å². The number of rotatable bonds is 1. The van der Waals surface area contributed by atoms with E-state index in [0.29, 0.717) is 9.30 Å². The molecule has 2 atom stereocenters. The molecule has 0 nitrogen and oxygen atoms in total. The fourth-order valence-electron chi connectivity index (χ4n) is 2.48. The van der Waals surface area contributed by atoms with Crippen LogP contribution in [0.15, 0.2) is 16.6 Å². The molecule has 0 aliphatic heterocycles. The van der Waals surface area contributed by atoms with Crippen molar-refractivity contribution in [2.45, 2.75) is 36.4 Å². The molecule has 0 radical (unpaired) electrons. The molecule has 2 rings (SSSR count). The van der Waals surface area contributed by atoms with E-state index in [1.54, 1.807) is 0 Å². The average molecular weight is 354 g/mol. The molecule has 1 aliphatic rings. The van der Waals surface area contributed by atoms with Gasteiger partial charge in [-0.25, -0.2) is 8.78 Å². The SMILES string of the molecule is CC1(c2c(F)ccc(Br)c2F)CCC(Br)C1. The van der Waals surface area contributed by atoms with Crippen molar-refractivity contribution in [1.82, 2.24) is 0 Å². The highest BCUT2D eigenvalue weighted by atomic mass is 79.9. The highest BCUT2D eigenvalue weighted by molar-refractivity contribution is 9.10. The van der Waals surface area contributed by atoms with Crippen LogP contribution in [0.4, 0.5) is 8.78 Å². The van der Waals surface area contributed by atoms with Crippen LogP contribution in [0.25, 0.3) is 0 Å². The van der Waals surface area contributed by atoms with Gasteiger partial charge in [0.25, 0.3) is 0 Å².